The van der Waals surface area contributed by atoms with Crippen molar-refractivity contribution in [3.8, 4) is 0 Å². The first-order valence-corrected chi connectivity index (χ1v) is 2.22. The van der Waals surface area contributed by atoms with Gasteiger partial charge in [-0.25, -0.2) is 4.79 Å². The fraction of sp³-hybridized carbons (Fsp3) is 0.500. The first-order valence-electron chi connectivity index (χ1n) is 2.22. The monoisotopic (exact) mass is 116 g/mol. The van der Waals surface area contributed by atoms with Gasteiger partial charge in [-0.05, 0) is 0 Å². The van der Waals surface area contributed by atoms with Gasteiger partial charge in [0, 0.05) is 6.42 Å². The van der Waals surface area contributed by atoms with Gasteiger partial charge in [-0.3, -0.25) is 0 Å². The van der Waals surface area contributed by atoms with Crippen LogP contribution in [0.5, 0.6) is 0 Å². The third-order valence-electron chi connectivity index (χ3n) is 0.601. The van der Waals surface area contributed by atoms with E-state index >= 15 is 0 Å². The molecule has 0 heterocycles. The molecular formula is C4H8N2O2. The fourth-order valence-corrected chi connectivity index (χ4v) is 0.202. The molecule has 0 aliphatic rings. The summed E-state index contributed by atoms with van der Waals surface area (Å²) in [5.74, 6) is 0.150. The van der Waals surface area contributed by atoms with E-state index in [0.29, 0.717) is 6.42 Å². The lowest BCUT2D eigenvalue weighted by molar-refractivity contribution is 0.205. The molecule has 0 saturated heterocycles. The first kappa shape index (κ1) is 6.94. The van der Waals surface area contributed by atoms with Crippen molar-refractivity contribution >= 4 is 11.9 Å². The Hall–Kier alpha value is -1.06. The first-order chi connectivity index (χ1) is 3.66. The minimum absolute atomic E-state index is 0.150. The molecule has 0 atom stereocenters. The molecule has 46 valence electrons. The van der Waals surface area contributed by atoms with Gasteiger partial charge in [0.1, 0.15) is 5.84 Å². The molecule has 0 aromatic carbocycles. The maximum atomic E-state index is 9.70. The Balaban J connectivity index is 3.75. The second-order valence-electron chi connectivity index (χ2n) is 1.24. The maximum absolute atomic E-state index is 9.70. The number of amides is 1. The largest absolute Gasteiger partial charge is 0.463 e. The summed E-state index contributed by atoms with van der Waals surface area (Å²) in [5.41, 5.74) is 5.04. The molecule has 3 N–H and O–H groups in total. The summed E-state index contributed by atoms with van der Waals surface area (Å²) in [6, 6.07) is 0. The minimum atomic E-state index is -1.23. The molecule has 4 nitrogen and oxygen atoms in total. The maximum Gasteiger partial charge on any atom is 0.432 e. The highest BCUT2D eigenvalue weighted by atomic mass is 16.4. The van der Waals surface area contributed by atoms with Gasteiger partial charge >= 0.3 is 6.09 Å². The van der Waals surface area contributed by atoms with Gasteiger partial charge in [0.2, 0.25) is 0 Å². The van der Waals surface area contributed by atoms with Crippen molar-refractivity contribution in [1.29, 1.82) is 0 Å². The van der Waals surface area contributed by atoms with Gasteiger partial charge in [0.15, 0.2) is 0 Å². The van der Waals surface area contributed by atoms with Gasteiger partial charge in [-0.15, -0.1) is 0 Å². The molecular weight excluding hydrogens is 108 g/mol. The van der Waals surface area contributed by atoms with Crippen molar-refractivity contribution in [2.45, 2.75) is 13.3 Å². The van der Waals surface area contributed by atoms with Crippen molar-refractivity contribution in [2.24, 2.45) is 10.7 Å². The van der Waals surface area contributed by atoms with E-state index in [1.54, 1.807) is 6.92 Å². The molecule has 0 radical (unpaired) electrons. The number of hydrogen-bond donors (Lipinski definition) is 2. The van der Waals surface area contributed by atoms with Crippen LogP contribution in [-0.4, -0.2) is 17.0 Å². The molecule has 4 heteroatoms. The summed E-state index contributed by atoms with van der Waals surface area (Å²) in [6.07, 6.45) is -0.754. The average molecular weight is 116 g/mol. The van der Waals surface area contributed by atoms with Crippen LogP contribution >= 0.6 is 0 Å². The number of aliphatic imine (C=N–C) groups is 1. The summed E-state index contributed by atoms with van der Waals surface area (Å²) in [4.78, 5) is 12.7. The molecule has 0 aromatic heterocycles. The van der Waals surface area contributed by atoms with Gasteiger partial charge < -0.3 is 10.8 Å². The highest BCUT2D eigenvalue weighted by molar-refractivity contribution is 5.89. The summed E-state index contributed by atoms with van der Waals surface area (Å²) in [7, 11) is 0. The SMILES string of the molecule is CCC(N)=NC(=O)O. The molecule has 0 aromatic rings. The summed E-state index contributed by atoms with van der Waals surface area (Å²) >= 11 is 0. The zero-order valence-corrected chi connectivity index (χ0v) is 4.59. The van der Waals surface area contributed by atoms with Crippen LogP contribution in [0.1, 0.15) is 13.3 Å². The van der Waals surface area contributed by atoms with Gasteiger partial charge in [-0.2, -0.15) is 4.99 Å². The van der Waals surface area contributed by atoms with Crippen LogP contribution in [0, 0.1) is 0 Å². The van der Waals surface area contributed by atoms with E-state index in [1.807, 2.05) is 0 Å². The predicted octanol–water partition coefficient (Wildman–Crippen LogP) is 0.432. The molecule has 0 saturated carbocycles. The Morgan fingerprint density at radius 2 is 2.38 bits per heavy atom. The van der Waals surface area contributed by atoms with Crippen LogP contribution in [-0.2, 0) is 0 Å². The zero-order valence-electron chi connectivity index (χ0n) is 4.59. The molecule has 0 bridgehead atoms. The Kier molecular flexibility index (Phi) is 2.61. The fourth-order valence-electron chi connectivity index (χ4n) is 0.202. The molecule has 0 fully saturated rings. The lowest BCUT2D eigenvalue weighted by Gasteiger charge is -1.87. The Bertz CT molecular complexity index is 119. The van der Waals surface area contributed by atoms with E-state index < -0.39 is 6.09 Å². The van der Waals surface area contributed by atoms with E-state index in [1.165, 1.54) is 0 Å². The van der Waals surface area contributed by atoms with Crippen molar-refractivity contribution in [2.75, 3.05) is 0 Å². The van der Waals surface area contributed by atoms with Crippen LogP contribution in [0.4, 0.5) is 4.79 Å². The van der Waals surface area contributed by atoms with Crippen LogP contribution < -0.4 is 5.73 Å². The van der Waals surface area contributed by atoms with Gasteiger partial charge in [0.25, 0.3) is 0 Å². The number of nitrogens with two attached hydrogens (primary N) is 1. The van der Waals surface area contributed by atoms with Gasteiger partial charge in [0.05, 0.1) is 0 Å². The topological polar surface area (TPSA) is 75.7 Å². The third-order valence-corrected chi connectivity index (χ3v) is 0.601. The van der Waals surface area contributed by atoms with Crippen molar-refractivity contribution in [3.63, 3.8) is 0 Å². The Morgan fingerprint density at radius 3 is 2.50 bits per heavy atom. The van der Waals surface area contributed by atoms with Crippen LogP contribution in [0.25, 0.3) is 0 Å². The van der Waals surface area contributed by atoms with E-state index in [9.17, 15) is 4.79 Å². The number of hydrogen-bond acceptors (Lipinski definition) is 1. The molecule has 0 rings (SSSR count). The summed E-state index contributed by atoms with van der Waals surface area (Å²) in [5, 5.41) is 7.95. The molecule has 0 unspecified atom stereocenters. The van der Waals surface area contributed by atoms with E-state index in [4.69, 9.17) is 10.8 Å². The lowest BCUT2D eigenvalue weighted by atomic mass is 10.5. The Morgan fingerprint density at radius 1 is 1.88 bits per heavy atom. The van der Waals surface area contributed by atoms with Crippen LogP contribution in [0.15, 0.2) is 4.99 Å². The van der Waals surface area contributed by atoms with E-state index in [2.05, 4.69) is 4.99 Å². The van der Waals surface area contributed by atoms with E-state index in [0.717, 1.165) is 0 Å². The molecule has 0 aliphatic heterocycles. The standard InChI is InChI=1S/C4H8N2O2/c1-2-3(5)6-4(7)8/h2H2,1H3,(H2,5,6)(H,7,8). The quantitative estimate of drug-likeness (QED) is 0.385. The number of amidine groups is 1. The molecule has 0 aliphatic carbocycles. The highest BCUT2D eigenvalue weighted by Gasteiger charge is 1.90. The van der Waals surface area contributed by atoms with Crippen molar-refractivity contribution in [1.82, 2.24) is 0 Å². The van der Waals surface area contributed by atoms with Crippen LogP contribution in [0.3, 0.4) is 0 Å². The predicted molar refractivity (Wildman–Crippen MR) is 29.9 cm³/mol. The number of carboxylic acid groups (broad SMARTS) is 1. The minimum Gasteiger partial charge on any atom is -0.463 e. The highest BCUT2D eigenvalue weighted by Crippen LogP contribution is 1.77. The molecule has 8 heavy (non-hydrogen) atoms. The zero-order chi connectivity index (χ0) is 6.57. The smallest absolute Gasteiger partial charge is 0.432 e. The average Bonchev–Trinajstić information content (AvgIpc) is 1.65. The molecule has 1 amide bonds. The third kappa shape index (κ3) is 3.14. The summed E-state index contributed by atoms with van der Waals surface area (Å²) < 4.78 is 0. The second kappa shape index (κ2) is 3.01. The van der Waals surface area contributed by atoms with E-state index in [-0.39, 0.29) is 5.84 Å². The molecule has 0 spiro atoms. The normalized spacial score (nSPS) is 11.4. The number of carbonyl (C=O) groups is 1. The Labute approximate surface area is 47.0 Å². The van der Waals surface area contributed by atoms with Crippen molar-refractivity contribution < 1.29 is 9.90 Å². The number of nitrogens with zero attached hydrogens (tertiary/aromatic N) is 1. The summed E-state index contributed by atoms with van der Waals surface area (Å²) in [6.45, 7) is 1.74. The van der Waals surface area contributed by atoms with Crippen LogP contribution in [0.2, 0.25) is 0 Å². The lowest BCUT2D eigenvalue weighted by Crippen LogP contribution is -2.11. The second-order valence-corrected chi connectivity index (χ2v) is 1.24. The number of rotatable bonds is 1. The van der Waals surface area contributed by atoms with Crippen molar-refractivity contribution in [3.05, 3.63) is 0 Å². The van der Waals surface area contributed by atoms with Gasteiger partial charge in [-0.1, -0.05) is 6.92 Å².